The maximum absolute atomic E-state index is 13.7. The molecule has 118 valence electrons. The van der Waals surface area contributed by atoms with Gasteiger partial charge in [-0.15, -0.1) is 0 Å². The highest BCUT2D eigenvalue weighted by Crippen LogP contribution is 2.38. The lowest BCUT2D eigenvalue weighted by Crippen LogP contribution is -2.41. The molecule has 2 rings (SSSR count). The van der Waals surface area contributed by atoms with Crippen LogP contribution in [0.2, 0.25) is 0 Å². The predicted octanol–water partition coefficient (Wildman–Crippen LogP) is 2.61. The molecule has 0 unspecified atom stereocenters. The van der Waals surface area contributed by atoms with Gasteiger partial charge >= 0.3 is 7.12 Å². The van der Waals surface area contributed by atoms with Crippen LogP contribution in [0.4, 0.5) is 4.39 Å². The zero-order valence-corrected chi connectivity index (χ0v) is 13.4. The van der Waals surface area contributed by atoms with Crippen molar-refractivity contribution in [3.05, 3.63) is 40.6 Å². The Labute approximate surface area is 130 Å². The number of rotatable bonds is 4. The Balaban J connectivity index is 2.29. The van der Waals surface area contributed by atoms with Gasteiger partial charge in [0.25, 0.3) is 0 Å². The van der Waals surface area contributed by atoms with E-state index in [2.05, 4.69) is 0 Å². The van der Waals surface area contributed by atoms with Crippen LogP contribution >= 0.6 is 0 Å². The summed E-state index contributed by atoms with van der Waals surface area (Å²) in [5, 5.41) is 0. The van der Waals surface area contributed by atoms with Crippen LogP contribution in [-0.4, -0.2) is 31.2 Å². The van der Waals surface area contributed by atoms with E-state index in [1.165, 1.54) is 12.1 Å². The minimum absolute atomic E-state index is 0.0297. The van der Waals surface area contributed by atoms with Gasteiger partial charge in [-0.3, -0.25) is 4.79 Å². The molecule has 0 spiro atoms. The van der Waals surface area contributed by atoms with Crippen molar-refractivity contribution in [2.45, 2.75) is 38.9 Å². The summed E-state index contributed by atoms with van der Waals surface area (Å²) in [5.74, 6) is -0.561. The molecule has 4 nitrogen and oxygen atoms in total. The molecule has 1 fully saturated rings. The Morgan fingerprint density at radius 2 is 1.86 bits per heavy atom. The summed E-state index contributed by atoms with van der Waals surface area (Å²) in [4.78, 5) is 10.7. The van der Waals surface area contributed by atoms with Crippen LogP contribution in [0.1, 0.15) is 43.6 Å². The maximum Gasteiger partial charge on any atom is 0.491 e. The van der Waals surface area contributed by atoms with Crippen molar-refractivity contribution in [1.82, 2.24) is 0 Å². The molecular formula is C16H21BFNO3. The number of aldehydes is 1. The average molecular weight is 305 g/mol. The molecule has 6 heteroatoms. The Bertz CT molecular complexity index is 597. The Morgan fingerprint density at radius 1 is 1.27 bits per heavy atom. The van der Waals surface area contributed by atoms with Crippen LogP contribution in [0.25, 0.3) is 6.08 Å². The lowest BCUT2D eigenvalue weighted by molar-refractivity contribution is 0.00578. The first-order valence-electron chi connectivity index (χ1n) is 7.21. The van der Waals surface area contributed by atoms with Crippen molar-refractivity contribution in [3.63, 3.8) is 0 Å². The second-order valence-electron chi connectivity index (χ2n) is 6.41. The predicted molar refractivity (Wildman–Crippen MR) is 84.9 cm³/mol. The van der Waals surface area contributed by atoms with Gasteiger partial charge in [0.15, 0.2) is 6.29 Å². The quantitative estimate of drug-likeness (QED) is 0.686. The van der Waals surface area contributed by atoms with Crippen LogP contribution in [0.3, 0.4) is 0 Å². The van der Waals surface area contributed by atoms with Gasteiger partial charge in [0, 0.05) is 6.54 Å². The van der Waals surface area contributed by atoms with Gasteiger partial charge in [-0.25, -0.2) is 4.39 Å². The van der Waals surface area contributed by atoms with Gasteiger partial charge in [0.05, 0.1) is 16.8 Å². The highest BCUT2D eigenvalue weighted by Gasteiger charge is 2.52. The molecule has 1 aromatic carbocycles. The van der Waals surface area contributed by atoms with Gasteiger partial charge in [0.1, 0.15) is 5.82 Å². The van der Waals surface area contributed by atoms with E-state index in [9.17, 15) is 9.18 Å². The molecule has 1 heterocycles. The molecule has 0 bridgehead atoms. The third-order valence-electron chi connectivity index (χ3n) is 4.30. The highest BCUT2D eigenvalue weighted by molar-refractivity contribution is 6.55. The molecule has 1 aliphatic rings. The van der Waals surface area contributed by atoms with Gasteiger partial charge in [0.2, 0.25) is 0 Å². The smallest absolute Gasteiger partial charge is 0.400 e. The molecule has 0 aromatic heterocycles. The van der Waals surface area contributed by atoms with E-state index in [4.69, 9.17) is 15.0 Å². The number of carbonyl (C=O) groups excluding carboxylic acids is 1. The standard InChI is InChI=1S/C16H21BFNO3/c1-15(2)16(3,4)22-17(21-15)13(9-19)7-11-5-6-12(10-20)14(18)8-11/h5-8,10H,9,19H2,1-4H3. The molecule has 1 saturated heterocycles. The fourth-order valence-electron chi connectivity index (χ4n) is 2.16. The van der Waals surface area contributed by atoms with Gasteiger partial charge in [-0.1, -0.05) is 12.1 Å². The number of carbonyl (C=O) groups is 1. The van der Waals surface area contributed by atoms with Crippen molar-refractivity contribution >= 4 is 19.5 Å². The molecule has 1 aliphatic heterocycles. The SMILES string of the molecule is CC1(C)OB(C(=Cc2ccc(C=O)c(F)c2)CN)OC1(C)C. The van der Waals surface area contributed by atoms with E-state index in [0.29, 0.717) is 11.8 Å². The number of halogens is 1. The zero-order valence-electron chi connectivity index (χ0n) is 13.4. The third-order valence-corrected chi connectivity index (χ3v) is 4.30. The fourth-order valence-corrected chi connectivity index (χ4v) is 2.16. The Kier molecular flexibility index (Phi) is 4.56. The first-order chi connectivity index (χ1) is 10.2. The van der Waals surface area contributed by atoms with Crippen LogP contribution in [0, 0.1) is 5.82 Å². The van der Waals surface area contributed by atoms with Crippen molar-refractivity contribution in [2.75, 3.05) is 6.54 Å². The van der Waals surface area contributed by atoms with Gasteiger partial charge in [-0.05, 0) is 50.9 Å². The van der Waals surface area contributed by atoms with Crippen molar-refractivity contribution in [1.29, 1.82) is 0 Å². The first-order valence-corrected chi connectivity index (χ1v) is 7.21. The molecule has 0 atom stereocenters. The maximum atomic E-state index is 13.7. The highest BCUT2D eigenvalue weighted by atomic mass is 19.1. The molecular weight excluding hydrogens is 284 g/mol. The summed E-state index contributed by atoms with van der Waals surface area (Å²) >= 11 is 0. The van der Waals surface area contributed by atoms with E-state index in [1.807, 2.05) is 27.7 Å². The van der Waals surface area contributed by atoms with Crippen LogP contribution in [-0.2, 0) is 9.31 Å². The summed E-state index contributed by atoms with van der Waals surface area (Å²) in [6.07, 6.45) is 2.22. The summed E-state index contributed by atoms with van der Waals surface area (Å²) in [6.45, 7) is 8.06. The lowest BCUT2D eigenvalue weighted by atomic mass is 9.77. The zero-order chi connectivity index (χ0) is 16.5. The topological polar surface area (TPSA) is 61.5 Å². The Morgan fingerprint density at radius 3 is 2.32 bits per heavy atom. The summed E-state index contributed by atoms with van der Waals surface area (Å²) in [5.41, 5.74) is 6.23. The molecule has 22 heavy (non-hydrogen) atoms. The molecule has 1 aromatic rings. The normalized spacial score (nSPS) is 20.3. The van der Waals surface area contributed by atoms with E-state index in [0.717, 1.165) is 5.47 Å². The van der Waals surface area contributed by atoms with Crippen LogP contribution in [0.5, 0.6) is 0 Å². The van der Waals surface area contributed by atoms with E-state index in [-0.39, 0.29) is 12.1 Å². The average Bonchev–Trinajstić information content (AvgIpc) is 2.65. The monoisotopic (exact) mass is 305 g/mol. The number of hydrogen-bond donors (Lipinski definition) is 1. The Hall–Kier alpha value is -1.50. The fraction of sp³-hybridized carbons (Fsp3) is 0.438. The van der Waals surface area contributed by atoms with Crippen molar-refractivity contribution in [2.24, 2.45) is 5.73 Å². The molecule has 0 aliphatic carbocycles. The first kappa shape index (κ1) is 16.9. The largest absolute Gasteiger partial charge is 0.491 e. The van der Waals surface area contributed by atoms with Crippen molar-refractivity contribution in [3.8, 4) is 0 Å². The summed E-state index contributed by atoms with van der Waals surface area (Å²) in [6, 6.07) is 4.39. The van der Waals surface area contributed by atoms with Crippen molar-refractivity contribution < 1.29 is 18.5 Å². The number of nitrogens with two attached hydrogens (primary N) is 1. The van der Waals surface area contributed by atoms with E-state index >= 15 is 0 Å². The van der Waals surface area contributed by atoms with E-state index < -0.39 is 24.1 Å². The van der Waals surface area contributed by atoms with E-state index in [1.54, 1.807) is 12.1 Å². The lowest BCUT2D eigenvalue weighted by Gasteiger charge is -2.32. The van der Waals surface area contributed by atoms with Gasteiger partial charge in [-0.2, -0.15) is 0 Å². The number of hydrogen-bond acceptors (Lipinski definition) is 4. The van der Waals surface area contributed by atoms with Gasteiger partial charge < -0.3 is 15.0 Å². The summed E-state index contributed by atoms with van der Waals surface area (Å²) < 4.78 is 25.6. The third kappa shape index (κ3) is 3.14. The van der Waals surface area contributed by atoms with Crippen LogP contribution in [0.15, 0.2) is 23.7 Å². The minimum Gasteiger partial charge on any atom is -0.400 e. The minimum atomic E-state index is -0.566. The summed E-state index contributed by atoms with van der Waals surface area (Å²) in [7, 11) is -0.566. The molecule has 0 saturated carbocycles. The molecule has 0 amide bonds. The second-order valence-corrected chi connectivity index (χ2v) is 6.41. The molecule has 0 radical (unpaired) electrons. The molecule has 2 N–H and O–H groups in total. The number of benzene rings is 1. The second kappa shape index (κ2) is 5.95. The van der Waals surface area contributed by atoms with Crippen LogP contribution < -0.4 is 5.73 Å².